The molecule has 0 atom stereocenters. The van der Waals surface area contributed by atoms with Gasteiger partial charge in [0.05, 0.1) is 36.2 Å². The summed E-state index contributed by atoms with van der Waals surface area (Å²) in [6.45, 7) is 0. The predicted octanol–water partition coefficient (Wildman–Crippen LogP) is 3.10. The summed E-state index contributed by atoms with van der Waals surface area (Å²) >= 11 is 11.8. The average Bonchev–Trinajstić information content (AvgIpc) is 2.65. The molecule has 2 aromatic rings. The van der Waals surface area contributed by atoms with E-state index in [-0.39, 0.29) is 15.7 Å². The van der Waals surface area contributed by atoms with E-state index < -0.39 is 11.8 Å². The molecule has 2 rings (SSSR count). The molecule has 0 aromatic heterocycles. The van der Waals surface area contributed by atoms with Crippen molar-refractivity contribution in [1.82, 2.24) is 5.43 Å². The number of hydrogen-bond acceptors (Lipinski definition) is 5. The fraction of sp³-hybridized carbons (Fsp3) is 0.118. The van der Waals surface area contributed by atoms with E-state index in [4.69, 9.17) is 32.7 Å². The van der Waals surface area contributed by atoms with Gasteiger partial charge >= 0.3 is 11.8 Å². The highest BCUT2D eigenvalue weighted by molar-refractivity contribution is 6.45. The Bertz CT molecular complexity index is 856. The molecule has 26 heavy (non-hydrogen) atoms. The third kappa shape index (κ3) is 4.87. The third-order valence-electron chi connectivity index (χ3n) is 3.19. The average molecular weight is 396 g/mol. The van der Waals surface area contributed by atoms with Gasteiger partial charge in [-0.05, 0) is 35.9 Å². The molecule has 0 fully saturated rings. The van der Waals surface area contributed by atoms with Crippen molar-refractivity contribution in [2.45, 2.75) is 0 Å². The molecule has 0 aliphatic heterocycles. The molecule has 0 spiro atoms. The Kier molecular flexibility index (Phi) is 6.82. The molecule has 136 valence electrons. The molecule has 7 nitrogen and oxygen atoms in total. The summed E-state index contributed by atoms with van der Waals surface area (Å²) in [7, 11) is 3.03. The summed E-state index contributed by atoms with van der Waals surface area (Å²) in [6.07, 6.45) is 1.36. The van der Waals surface area contributed by atoms with E-state index in [1.165, 1.54) is 26.5 Å². The number of hydrazone groups is 1. The molecule has 9 heteroatoms. The maximum absolute atomic E-state index is 11.9. The Morgan fingerprint density at radius 2 is 1.77 bits per heavy atom. The quantitative estimate of drug-likeness (QED) is 0.462. The number of hydrogen-bond donors (Lipinski definition) is 2. The van der Waals surface area contributed by atoms with Gasteiger partial charge in [-0.2, -0.15) is 5.10 Å². The van der Waals surface area contributed by atoms with Crippen LogP contribution in [0.25, 0.3) is 0 Å². The van der Waals surface area contributed by atoms with Crippen LogP contribution in [0.5, 0.6) is 11.5 Å². The Morgan fingerprint density at radius 1 is 1.04 bits per heavy atom. The summed E-state index contributed by atoms with van der Waals surface area (Å²) in [5.74, 6) is -0.820. The fourth-order valence-corrected chi connectivity index (χ4v) is 2.28. The van der Waals surface area contributed by atoms with Crippen molar-refractivity contribution in [3.63, 3.8) is 0 Å². The van der Waals surface area contributed by atoms with Crippen molar-refractivity contribution >= 4 is 46.9 Å². The number of carbonyl (C=O) groups is 2. The smallest absolute Gasteiger partial charge is 0.329 e. The highest BCUT2D eigenvalue weighted by atomic mass is 35.5. The van der Waals surface area contributed by atoms with Crippen molar-refractivity contribution in [2.75, 3.05) is 19.5 Å². The standard InChI is InChI=1S/C17H15Cl2N3O4/c1-25-13-7-6-10(8-14(13)26-2)9-20-22-17(24)16(23)21-12-5-3-4-11(18)15(12)19/h3-9H,1-2H3,(H,21,23)(H,22,24)/b20-9-. The van der Waals surface area contributed by atoms with Crippen molar-refractivity contribution in [2.24, 2.45) is 5.10 Å². The number of nitrogens with zero attached hydrogens (tertiary/aromatic N) is 1. The van der Waals surface area contributed by atoms with Crippen LogP contribution in [0.1, 0.15) is 5.56 Å². The Morgan fingerprint density at radius 3 is 2.46 bits per heavy atom. The minimum Gasteiger partial charge on any atom is -0.493 e. The lowest BCUT2D eigenvalue weighted by atomic mass is 10.2. The minimum atomic E-state index is -0.960. The molecule has 2 N–H and O–H groups in total. The molecule has 0 aliphatic rings. The lowest BCUT2D eigenvalue weighted by molar-refractivity contribution is -0.136. The van der Waals surface area contributed by atoms with E-state index >= 15 is 0 Å². The van der Waals surface area contributed by atoms with E-state index in [9.17, 15) is 9.59 Å². The van der Waals surface area contributed by atoms with Crippen LogP contribution in [0, 0.1) is 0 Å². The second-order valence-corrected chi connectivity index (χ2v) is 5.65. The van der Waals surface area contributed by atoms with Crippen LogP contribution < -0.4 is 20.2 Å². The van der Waals surface area contributed by atoms with Crippen molar-refractivity contribution < 1.29 is 19.1 Å². The van der Waals surface area contributed by atoms with Crippen LogP contribution >= 0.6 is 23.2 Å². The largest absolute Gasteiger partial charge is 0.493 e. The number of rotatable bonds is 5. The topological polar surface area (TPSA) is 89.0 Å². The normalized spacial score (nSPS) is 10.5. The number of nitrogens with one attached hydrogen (secondary N) is 2. The van der Waals surface area contributed by atoms with Gasteiger partial charge in [-0.25, -0.2) is 5.43 Å². The molecule has 0 unspecified atom stereocenters. The Balaban J connectivity index is 1.98. The number of halogens is 2. The zero-order chi connectivity index (χ0) is 19.1. The lowest BCUT2D eigenvalue weighted by Gasteiger charge is -2.08. The van der Waals surface area contributed by atoms with Gasteiger partial charge < -0.3 is 14.8 Å². The first-order chi connectivity index (χ1) is 12.5. The van der Waals surface area contributed by atoms with Gasteiger partial charge in [0.1, 0.15) is 0 Å². The number of ether oxygens (including phenoxy) is 2. The molecule has 0 bridgehead atoms. The summed E-state index contributed by atoms with van der Waals surface area (Å²) in [4.78, 5) is 23.7. The number of carbonyl (C=O) groups excluding carboxylic acids is 2. The van der Waals surface area contributed by atoms with Crippen molar-refractivity contribution in [3.05, 3.63) is 52.0 Å². The van der Waals surface area contributed by atoms with Crippen LogP contribution in [-0.4, -0.2) is 32.2 Å². The monoisotopic (exact) mass is 395 g/mol. The maximum Gasteiger partial charge on any atom is 0.329 e. The van der Waals surface area contributed by atoms with E-state index in [1.54, 1.807) is 30.3 Å². The summed E-state index contributed by atoms with van der Waals surface area (Å²) in [6, 6.07) is 9.75. The van der Waals surface area contributed by atoms with Gasteiger partial charge in [-0.1, -0.05) is 29.3 Å². The zero-order valence-corrected chi connectivity index (χ0v) is 15.4. The van der Waals surface area contributed by atoms with Crippen LogP contribution in [0.2, 0.25) is 10.0 Å². The van der Waals surface area contributed by atoms with E-state index in [1.807, 2.05) is 0 Å². The molecular formula is C17H15Cl2N3O4. The molecule has 0 saturated heterocycles. The predicted molar refractivity (Wildman–Crippen MR) is 100 cm³/mol. The highest BCUT2D eigenvalue weighted by Gasteiger charge is 2.15. The van der Waals surface area contributed by atoms with Gasteiger partial charge in [-0.3, -0.25) is 9.59 Å². The van der Waals surface area contributed by atoms with Gasteiger partial charge in [0.2, 0.25) is 0 Å². The minimum absolute atomic E-state index is 0.143. The van der Waals surface area contributed by atoms with Crippen molar-refractivity contribution in [3.8, 4) is 11.5 Å². The maximum atomic E-state index is 11.9. The summed E-state index contributed by atoms with van der Waals surface area (Å²) in [5.41, 5.74) is 2.99. The molecular weight excluding hydrogens is 381 g/mol. The lowest BCUT2D eigenvalue weighted by Crippen LogP contribution is -2.32. The number of anilines is 1. The number of benzene rings is 2. The number of methoxy groups -OCH3 is 2. The Hall–Kier alpha value is -2.77. The molecule has 0 heterocycles. The number of amides is 2. The first-order valence-corrected chi connectivity index (χ1v) is 8.02. The van der Waals surface area contributed by atoms with E-state index in [2.05, 4.69) is 15.8 Å². The molecule has 0 radical (unpaired) electrons. The van der Waals surface area contributed by atoms with Gasteiger partial charge in [0.15, 0.2) is 11.5 Å². The summed E-state index contributed by atoms with van der Waals surface area (Å²) < 4.78 is 10.3. The zero-order valence-electron chi connectivity index (χ0n) is 13.9. The van der Waals surface area contributed by atoms with Crippen LogP contribution in [-0.2, 0) is 9.59 Å². The Labute approximate surface area is 159 Å². The van der Waals surface area contributed by atoms with E-state index in [0.717, 1.165) is 0 Å². The molecule has 2 amide bonds. The first-order valence-electron chi connectivity index (χ1n) is 7.26. The third-order valence-corrected chi connectivity index (χ3v) is 4.01. The highest BCUT2D eigenvalue weighted by Crippen LogP contribution is 2.29. The first kappa shape index (κ1) is 19.6. The van der Waals surface area contributed by atoms with Crippen molar-refractivity contribution in [1.29, 1.82) is 0 Å². The van der Waals surface area contributed by atoms with Crippen LogP contribution in [0.15, 0.2) is 41.5 Å². The van der Waals surface area contributed by atoms with Gasteiger partial charge in [-0.15, -0.1) is 0 Å². The molecule has 0 saturated carbocycles. The van der Waals surface area contributed by atoms with Gasteiger partial charge in [0.25, 0.3) is 0 Å². The second kappa shape index (κ2) is 9.07. The SMILES string of the molecule is COc1ccc(/C=N\NC(=O)C(=O)Nc2cccc(Cl)c2Cl)cc1OC. The van der Waals surface area contributed by atoms with E-state index in [0.29, 0.717) is 17.1 Å². The van der Waals surface area contributed by atoms with Crippen LogP contribution in [0.3, 0.4) is 0 Å². The molecule has 2 aromatic carbocycles. The van der Waals surface area contributed by atoms with Crippen LogP contribution in [0.4, 0.5) is 5.69 Å². The molecule has 0 aliphatic carbocycles. The second-order valence-electron chi connectivity index (χ2n) is 4.87. The van der Waals surface area contributed by atoms with Gasteiger partial charge in [0, 0.05) is 0 Å². The summed E-state index contributed by atoms with van der Waals surface area (Å²) in [5, 5.41) is 6.49. The fourth-order valence-electron chi connectivity index (χ4n) is 1.93.